The molecule has 5 heteroatoms. The van der Waals surface area contributed by atoms with Crippen molar-refractivity contribution in [3.8, 4) is 17.2 Å². The van der Waals surface area contributed by atoms with Gasteiger partial charge in [0.15, 0.2) is 11.5 Å². The molecule has 1 heterocycles. The normalized spacial score (nSPS) is 15.2. The average molecular weight is 452 g/mol. The third-order valence-corrected chi connectivity index (χ3v) is 5.88. The molecule has 4 rings (SSSR count). The summed E-state index contributed by atoms with van der Waals surface area (Å²) in [4.78, 5) is 0. The van der Waals surface area contributed by atoms with E-state index in [1.807, 2.05) is 51.1 Å². The van der Waals surface area contributed by atoms with Crippen LogP contribution in [-0.4, -0.2) is 19.8 Å². The van der Waals surface area contributed by atoms with Gasteiger partial charge in [-0.25, -0.2) is 0 Å². The maximum Gasteiger partial charge on any atom is 0.161 e. The van der Waals surface area contributed by atoms with E-state index in [9.17, 15) is 0 Å². The Morgan fingerprint density at radius 2 is 1.62 bits per heavy atom. The largest absolute Gasteiger partial charge is 0.490 e. The lowest BCUT2D eigenvalue weighted by atomic mass is 9.88. The SMILES string of the molecule is CCOc1cc2c(cc1OCC)C(c1cc(Cl)cc(C)c1OCc1ccccc1)NCC2. The minimum Gasteiger partial charge on any atom is -0.490 e. The lowest BCUT2D eigenvalue weighted by Gasteiger charge is -2.30. The van der Waals surface area contributed by atoms with Crippen LogP contribution in [0.15, 0.2) is 54.6 Å². The van der Waals surface area contributed by atoms with Crippen LogP contribution in [0.4, 0.5) is 0 Å². The summed E-state index contributed by atoms with van der Waals surface area (Å²) in [6.07, 6.45) is 0.929. The highest BCUT2D eigenvalue weighted by molar-refractivity contribution is 6.30. The summed E-state index contributed by atoms with van der Waals surface area (Å²) in [6, 6.07) is 18.4. The molecular weight excluding hydrogens is 422 g/mol. The van der Waals surface area contributed by atoms with E-state index in [0.717, 1.165) is 46.9 Å². The Morgan fingerprint density at radius 1 is 0.906 bits per heavy atom. The molecule has 0 saturated carbocycles. The fourth-order valence-corrected chi connectivity index (χ4v) is 4.56. The monoisotopic (exact) mass is 451 g/mol. The molecule has 0 spiro atoms. The molecule has 1 aliphatic heterocycles. The van der Waals surface area contributed by atoms with Gasteiger partial charge in [0.25, 0.3) is 0 Å². The van der Waals surface area contributed by atoms with Crippen molar-refractivity contribution >= 4 is 11.6 Å². The van der Waals surface area contributed by atoms with Crippen LogP contribution in [0, 0.1) is 6.92 Å². The van der Waals surface area contributed by atoms with Crippen molar-refractivity contribution in [2.75, 3.05) is 19.8 Å². The smallest absolute Gasteiger partial charge is 0.161 e. The maximum atomic E-state index is 6.51. The first-order valence-electron chi connectivity index (χ1n) is 11.2. The zero-order valence-corrected chi connectivity index (χ0v) is 19.7. The van der Waals surface area contributed by atoms with Gasteiger partial charge in [0.1, 0.15) is 12.4 Å². The van der Waals surface area contributed by atoms with Crippen molar-refractivity contribution in [2.45, 2.75) is 39.8 Å². The van der Waals surface area contributed by atoms with E-state index in [-0.39, 0.29) is 6.04 Å². The molecule has 3 aromatic carbocycles. The Bertz CT molecular complexity index is 1070. The molecule has 4 nitrogen and oxygen atoms in total. The minimum absolute atomic E-state index is 0.0446. The van der Waals surface area contributed by atoms with Gasteiger partial charge in [-0.2, -0.15) is 0 Å². The fourth-order valence-electron chi connectivity index (χ4n) is 4.28. The van der Waals surface area contributed by atoms with Gasteiger partial charge in [-0.1, -0.05) is 41.9 Å². The Morgan fingerprint density at radius 3 is 2.34 bits per heavy atom. The summed E-state index contributed by atoms with van der Waals surface area (Å²) < 4.78 is 18.1. The Hall–Kier alpha value is -2.69. The predicted molar refractivity (Wildman–Crippen MR) is 129 cm³/mol. The molecular formula is C27H30ClNO3. The van der Waals surface area contributed by atoms with Crippen LogP contribution in [-0.2, 0) is 13.0 Å². The molecule has 1 N–H and O–H groups in total. The highest BCUT2D eigenvalue weighted by Gasteiger charge is 2.27. The molecule has 1 aliphatic rings. The standard InChI is InChI=1S/C27H30ClNO3/c1-4-30-24-14-20-11-12-29-26(22(20)16-25(24)31-5-2)23-15-21(28)13-18(3)27(23)32-17-19-9-7-6-8-10-19/h6-10,13-16,26,29H,4-5,11-12,17H2,1-3H3. The number of rotatable bonds is 8. The molecule has 3 aromatic rings. The molecule has 1 atom stereocenters. The second-order valence-corrected chi connectivity index (χ2v) is 8.35. The highest BCUT2D eigenvalue weighted by Crippen LogP contribution is 2.42. The van der Waals surface area contributed by atoms with Gasteiger partial charge in [-0.15, -0.1) is 0 Å². The molecule has 1 unspecified atom stereocenters. The van der Waals surface area contributed by atoms with Crippen LogP contribution in [0.5, 0.6) is 17.2 Å². The zero-order valence-electron chi connectivity index (χ0n) is 18.9. The number of nitrogens with one attached hydrogen (secondary N) is 1. The van der Waals surface area contributed by atoms with Crippen LogP contribution in [0.25, 0.3) is 0 Å². The lowest BCUT2D eigenvalue weighted by molar-refractivity contribution is 0.286. The third kappa shape index (κ3) is 4.87. The van der Waals surface area contributed by atoms with Gasteiger partial charge >= 0.3 is 0 Å². The van der Waals surface area contributed by atoms with E-state index >= 15 is 0 Å². The third-order valence-electron chi connectivity index (χ3n) is 5.66. The van der Waals surface area contributed by atoms with Crippen molar-refractivity contribution in [3.63, 3.8) is 0 Å². The molecule has 0 saturated heterocycles. The molecule has 0 amide bonds. The van der Waals surface area contributed by atoms with Gasteiger partial charge in [-0.05, 0) is 73.7 Å². The Kier molecular flexibility index (Phi) is 7.23. The van der Waals surface area contributed by atoms with E-state index in [4.69, 9.17) is 25.8 Å². The molecule has 0 aromatic heterocycles. The molecule has 0 bridgehead atoms. The first kappa shape index (κ1) is 22.5. The van der Waals surface area contributed by atoms with Crippen molar-refractivity contribution in [1.29, 1.82) is 0 Å². The second kappa shape index (κ2) is 10.3. The maximum absolute atomic E-state index is 6.51. The van der Waals surface area contributed by atoms with Gasteiger partial charge < -0.3 is 19.5 Å². The van der Waals surface area contributed by atoms with Crippen molar-refractivity contribution in [1.82, 2.24) is 5.32 Å². The van der Waals surface area contributed by atoms with E-state index in [2.05, 4.69) is 29.6 Å². The van der Waals surface area contributed by atoms with Crippen molar-refractivity contribution in [3.05, 3.63) is 87.4 Å². The molecule has 0 aliphatic carbocycles. The second-order valence-electron chi connectivity index (χ2n) is 7.92. The van der Waals surface area contributed by atoms with E-state index in [1.54, 1.807) is 0 Å². The fraction of sp³-hybridized carbons (Fsp3) is 0.333. The number of hydrogen-bond donors (Lipinski definition) is 1. The van der Waals surface area contributed by atoms with Gasteiger partial charge in [0.2, 0.25) is 0 Å². The van der Waals surface area contributed by atoms with E-state index in [0.29, 0.717) is 24.8 Å². The number of fused-ring (bicyclic) bond motifs is 1. The average Bonchev–Trinajstić information content (AvgIpc) is 2.79. The van der Waals surface area contributed by atoms with Gasteiger partial charge in [0, 0.05) is 17.1 Å². The summed E-state index contributed by atoms with van der Waals surface area (Å²) in [7, 11) is 0. The van der Waals surface area contributed by atoms with E-state index in [1.165, 1.54) is 11.1 Å². The summed E-state index contributed by atoms with van der Waals surface area (Å²) >= 11 is 6.51. The van der Waals surface area contributed by atoms with Crippen LogP contribution >= 0.6 is 11.6 Å². The van der Waals surface area contributed by atoms with Crippen LogP contribution in [0.1, 0.15) is 47.7 Å². The quantitative estimate of drug-likeness (QED) is 0.438. The van der Waals surface area contributed by atoms with Crippen LogP contribution < -0.4 is 19.5 Å². The topological polar surface area (TPSA) is 39.7 Å². The first-order chi connectivity index (χ1) is 15.6. The number of halogens is 1. The highest BCUT2D eigenvalue weighted by atomic mass is 35.5. The zero-order chi connectivity index (χ0) is 22.5. The number of ether oxygens (including phenoxy) is 3. The minimum atomic E-state index is -0.0446. The molecule has 0 radical (unpaired) electrons. The summed E-state index contributed by atoms with van der Waals surface area (Å²) in [5.74, 6) is 2.44. The van der Waals surface area contributed by atoms with Gasteiger partial charge in [0.05, 0.1) is 19.3 Å². The Balaban J connectivity index is 1.75. The van der Waals surface area contributed by atoms with Gasteiger partial charge in [-0.3, -0.25) is 0 Å². The number of hydrogen-bond acceptors (Lipinski definition) is 4. The summed E-state index contributed by atoms with van der Waals surface area (Å²) in [6.45, 7) is 8.57. The Labute approximate surface area is 195 Å². The molecule has 168 valence electrons. The molecule has 32 heavy (non-hydrogen) atoms. The van der Waals surface area contributed by atoms with Crippen LogP contribution in [0.2, 0.25) is 5.02 Å². The van der Waals surface area contributed by atoms with Crippen LogP contribution in [0.3, 0.4) is 0 Å². The van der Waals surface area contributed by atoms with Crippen molar-refractivity contribution in [2.24, 2.45) is 0 Å². The van der Waals surface area contributed by atoms with E-state index < -0.39 is 0 Å². The number of benzene rings is 3. The summed E-state index contributed by atoms with van der Waals surface area (Å²) in [5, 5.41) is 4.37. The summed E-state index contributed by atoms with van der Waals surface area (Å²) in [5.41, 5.74) is 5.62. The first-order valence-corrected chi connectivity index (χ1v) is 11.6. The predicted octanol–water partition coefficient (Wildman–Crippen LogP) is 6.26. The lowest BCUT2D eigenvalue weighted by Crippen LogP contribution is -2.31. The molecule has 0 fully saturated rings. The number of aryl methyl sites for hydroxylation is 1. The van der Waals surface area contributed by atoms with Crippen molar-refractivity contribution < 1.29 is 14.2 Å².